The van der Waals surface area contributed by atoms with Crippen LogP contribution in [0.2, 0.25) is 5.02 Å². The van der Waals surface area contributed by atoms with Crippen molar-refractivity contribution in [1.29, 1.82) is 5.41 Å². The van der Waals surface area contributed by atoms with E-state index in [1.165, 1.54) is 20.2 Å². The topological polar surface area (TPSA) is 89.2 Å². The van der Waals surface area contributed by atoms with E-state index in [0.29, 0.717) is 10.6 Å². The van der Waals surface area contributed by atoms with Crippen LogP contribution in [0.25, 0.3) is 5.69 Å². The molecule has 0 aliphatic rings. The first kappa shape index (κ1) is 18.7. The van der Waals surface area contributed by atoms with Gasteiger partial charge < -0.3 is 14.8 Å². The zero-order valence-electron chi connectivity index (χ0n) is 14.1. The predicted molar refractivity (Wildman–Crippen MR) is 95.5 cm³/mol. The summed E-state index contributed by atoms with van der Waals surface area (Å²) in [6, 6.07) is 8.80. The van der Waals surface area contributed by atoms with Crippen LogP contribution in [0.15, 0.2) is 48.2 Å². The molecule has 0 spiro atoms. The molecule has 0 saturated carbocycles. The minimum Gasteiger partial charge on any atom is -0.420 e. The molecular formula is C17H19ClN4O3. The van der Waals surface area contributed by atoms with Crippen LogP contribution in [0.1, 0.15) is 6.92 Å². The fourth-order valence-corrected chi connectivity index (χ4v) is 2.28. The van der Waals surface area contributed by atoms with Gasteiger partial charge in [0.25, 0.3) is 5.91 Å². The Morgan fingerprint density at radius 3 is 2.64 bits per heavy atom. The van der Waals surface area contributed by atoms with Gasteiger partial charge in [0.05, 0.1) is 5.69 Å². The second kappa shape index (κ2) is 8.46. The van der Waals surface area contributed by atoms with Gasteiger partial charge in [0, 0.05) is 37.5 Å². The summed E-state index contributed by atoms with van der Waals surface area (Å²) in [4.78, 5) is 11.7. The van der Waals surface area contributed by atoms with Crippen molar-refractivity contribution < 1.29 is 14.3 Å². The Hall–Kier alpha value is -2.64. The van der Waals surface area contributed by atoms with Crippen molar-refractivity contribution in [2.24, 2.45) is 0 Å². The summed E-state index contributed by atoms with van der Waals surface area (Å²) in [5.74, 6) is -0.182. The summed E-state index contributed by atoms with van der Waals surface area (Å²) < 4.78 is 12.1. The van der Waals surface area contributed by atoms with Gasteiger partial charge in [-0.3, -0.25) is 10.2 Å². The molecule has 7 nitrogen and oxygen atoms in total. The molecule has 0 aliphatic heterocycles. The fourth-order valence-electron chi connectivity index (χ4n) is 2.15. The Labute approximate surface area is 150 Å². The van der Waals surface area contributed by atoms with E-state index in [1.54, 1.807) is 36.0 Å². The maximum absolute atomic E-state index is 11.7. The quantitative estimate of drug-likeness (QED) is 0.610. The lowest BCUT2D eigenvalue weighted by molar-refractivity contribution is -0.128. The molecule has 1 amide bonds. The molecule has 0 radical (unpaired) electrons. The van der Waals surface area contributed by atoms with Crippen LogP contribution in [0.4, 0.5) is 0 Å². The number of methoxy groups -OCH3 is 1. The van der Waals surface area contributed by atoms with Crippen molar-refractivity contribution in [2.75, 3.05) is 14.2 Å². The summed E-state index contributed by atoms with van der Waals surface area (Å²) in [6.07, 6.45) is 2.36. The normalized spacial score (nSPS) is 12.6. The van der Waals surface area contributed by atoms with Gasteiger partial charge in [-0.1, -0.05) is 11.6 Å². The monoisotopic (exact) mass is 362 g/mol. The van der Waals surface area contributed by atoms with Crippen molar-refractivity contribution in [3.63, 3.8) is 0 Å². The van der Waals surface area contributed by atoms with Crippen molar-refractivity contribution in [2.45, 2.75) is 13.0 Å². The number of carbonyl (C=O) groups excluding carboxylic acids is 1. The molecule has 25 heavy (non-hydrogen) atoms. The standard InChI is InChI=1S/C17H19ClN4O3/c1-11(16(24-3)17(23)20-2)10-14(19)25-15-8-9-22(21-15)13-6-4-12(18)5-7-13/h4-10,16,19H,1-3H3,(H,20,23). The fraction of sp³-hybridized carbons (Fsp3) is 0.235. The molecule has 2 rings (SSSR count). The number of hydrogen-bond donors (Lipinski definition) is 2. The number of rotatable bonds is 6. The van der Waals surface area contributed by atoms with Crippen molar-refractivity contribution in [1.82, 2.24) is 15.1 Å². The Bertz CT molecular complexity index is 783. The summed E-state index contributed by atoms with van der Waals surface area (Å²) in [5, 5.41) is 15.3. The number of hydrogen-bond acceptors (Lipinski definition) is 5. The highest BCUT2D eigenvalue weighted by molar-refractivity contribution is 6.30. The molecule has 0 saturated heterocycles. The first-order valence-corrected chi connectivity index (χ1v) is 7.83. The molecule has 1 heterocycles. The lowest BCUT2D eigenvalue weighted by atomic mass is 10.1. The van der Waals surface area contributed by atoms with Crippen LogP contribution in [0.5, 0.6) is 5.88 Å². The number of halogens is 1. The molecule has 0 bridgehead atoms. The van der Waals surface area contributed by atoms with E-state index in [2.05, 4.69) is 10.4 Å². The average Bonchev–Trinajstić information content (AvgIpc) is 3.04. The maximum atomic E-state index is 11.7. The summed E-state index contributed by atoms with van der Waals surface area (Å²) in [6.45, 7) is 1.69. The molecule has 2 N–H and O–H groups in total. The Morgan fingerprint density at radius 1 is 1.36 bits per heavy atom. The van der Waals surface area contributed by atoms with Gasteiger partial charge in [0.2, 0.25) is 11.8 Å². The van der Waals surface area contributed by atoms with Crippen LogP contribution in [-0.4, -0.2) is 41.8 Å². The van der Waals surface area contributed by atoms with E-state index in [0.717, 1.165) is 5.69 Å². The second-order valence-corrected chi connectivity index (χ2v) is 5.60. The molecule has 0 fully saturated rings. The minimum atomic E-state index is -0.777. The molecule has 1 atom stereocenters. The molecule has 0 aliphatic carbocycles. The van der Waals surface area contributed by atoms with Crippen LogP contribution in [-0.2, 0) is 9.53 Å². The Kier molecular flexibility index (Phi) is 6.32. The van der Waals surface area contributed by atoms with Gasteiger partial charge in [0.1, 0.15) is 0 Å². The highest BCUT2D eigenvalue weighted by Crippen LogP contribution is 2.16. The van der Waals surface area contributed by atoms with Crippen LogP contribution in [0.3, 0.4) is 0 Å². The zero-order valence-corrected chi connectivity index (χ0v) is 14.9. The van der Waals surface area contributed by atoms with E-state index in [9.17, 15) is 4.79 Å². The Balaban J connectivity index is 2.07. The van der Waals surface area contributed by atoms with Gasteiger partial charge in [-0.15, -0.1) is 5.10 Å². The third-order valence-corrected chi connectivity index (χ3v) is 3.61. The van der Waals surface area contributed by atoms with E-state index in [1.807, 2.05) is 12.1 Å². The number of aromatic nitrogens is 2. The first-order chi connectivity index (χ1) is 11.9. The van der Waals surface area contributed by atoms with Crippen molar-refractivity contribution in [3.8, 4) is 11.6 Å². The van der Waals surface area contributed by atoms with Crippen LogP contribution in [0, 0.1) is 5.41 Å². The largest absolute Gasteiger partial charge is 0.420 e. The lowest BCUT2D eigenvalue weighted by Gasteiger charge is -2.14. The van der Waals surface area contributed by atoms with Crippen LogP contribution < -0.4 is 10.1 Å². The van der Waals surface area contributed by atoms with E-state index in [-0.39, 0.29) is 17.7 Å². The predicted octanol–water partition coefficient (Wildman–Crippen LogP) is 2.59. The smallest absolute Gasteiger partial charge is 0.253 e. The first-order valence-electron chi connectivity index (χ1n) is 7.45. The van der Waals surface area contributed by atoms with Gasteiger partial charge in [-0.25, -0.2) is 4.68 Å². The van der Waals surface area contributed by atoms with Gasteiger partial charge in [-0.05, 0) is 36.8 Å². The van der Waals surface area contributed by atoms with Crippen molar-refractivity contribution in [3.05, 3.63) is 53.2 Å². The van der Waals surface area contributed by atoms with Crippen molar-refractivity contribution >= 4 is 23.4 Å². The summed E-state index contributed by atoms with van der Waals surface area (Å²) in [5.41, 5.74) is 1.36. The number of carbonyl (C=O) groups is 1. The van der Waals surface area contributed by atoms with Crippen LogP contribution >= 0.6 is 11.6 Å². The molecule has 132 valence electrons. The molecule has 1 aromatic carbocycles. The highest BCUT2D eigenvalue weighted by atomic mass is 35.5. The lowest BCUT2D eigenvalue weighted by Crippen LogP contribution is -2.34. The molecular weight excluding hydrogens is 344 g/mol. The van der Waals surface area contributed by atoms with E-state index < -0.39 is 6.10 Å². The Morgan fingerprint density at radius 2 is 2.04 bits per heavy atom. The molecule has 2 aromatic rings. The molecule has 1 aromatic heterocycles. The van der Waals surface area contributed by atoms with Gasteiger partial charge >= 0.3 is 0 Å². The highest BCUT2D eigenvalue weighted by Gasteiger charge is 2.18. The second-order valence-electron chi connectivity index (χ2n) is 5.16. The van der Waals surface area contributed by atoms with Gasteiger partial charge in [-0.2, -0.15) is 0 Å². The third-order valence-electron chi connectivity index (χ3n) is 3.36. The van der Waals surface area contributed by atoms with Gasteiger partial charge in [0.15, 0.2) is 6.10 Å². The number of benzene rings is 1. The molecule has 1 unspecified atom stereocenters. The number of likely N-dealkylation sites (N-methyl/N-ethyl adjacent to an activating group) is 1. The average molecular weight is 363 g/mol. The zero-order chi connectivity index (χ0) is 18.4. The van der Waals surface area contributed by atoms with E-state index in [4.69, 9.17) is 26.5 Å². The molecule has 8 heteroatoms. The van der Waals surface area contributed by atoms with E-state index >= 15 is 0 Å². The number of ether oxygens (including phenoxy) is 2. The maximum Gasteiger partial charge on any atom is 0.253 e. The number of amides is 1. The SMILES string of the molecule is CNC(=O)C(OC)C(C)=CC(=N)Oc1ccn(-c2ccc(Cl)cc2)n1. The summed E-state index contributed by atoms with van der Waals surface area (Å²) >= 11 is 5.86. The number of nitrogens with one attached hydrogen (secondary N) is 2. The third kappa shape index (κ3) is 4.91. The minimum absolute atomic E-state index is 0.148. The summed E-state index contributed by atoms with van der Waals surface area (Å²) in [7, 11) is 2.95. The number of nitrogens with zero attached hydrogens (tertiary/aromatic N) is 2.